The van der Waals surface area contributed by atoms with Gasteiger partial charge in [-0.2, -0.15) is 0 Å². The number of imidazole rings is 1. The highest BCUT2D eigenvalue weighted by Crippen LogP contribution is 2.12. The van der Waals surface area contributed by atoms with E-state index in [1.807, 2.05) is 0 Å². The lowest BCUT2D eigenvalue weighted by atomic mass is 10.2. The van der Waals surface area contributed by atoms with Crippen molar-refractivity contribution in [2.24, 2.45) is 0 Å². The number of hydrogen-bond donors (Lipinski definition) is 2. The fourth-order valence-corrected chi connectivity index (χ4v) is 3.03. The molecule has 0 bridgehead atoms. The van der Waals surface area contributed by atoms with Crippen molar-refractivity contribution in [3.8, 4) is 0 Å². The molecule has 10 nitrogen and oxygen atoms in total. The minimum absolute atomic E-state index is 0.135. The van der Waals surface area contributed by atoms with Gasteiger partial charge in [-0.05, 0) is 22.6 Å². The molecule has 0 radical (unpaired) electrons. The number of fused-ring (bicyclic) bond motifs is 1. The summed E-state index contributed by atoms with van der Waals surface area (Å²) in [6.07, 6.45) is 4.52. The molecule has 0 unspecified atom stereocenters. The van der Waals surface area contributed by atoms with Crippen LogP contribution in [0.1, 0.15) is 16.2 Å². The Morgan fingerprint density at radius 2 is 2.28 bits per heavy atom. The van der Waals surface area contributed by atoms with Crippen molar-refractivity contribution < 1.29 is 9.90 Å². The first-order valence-electron chi connectivity index (χ1n) is 8.05. The summed E-state index contributed by atoms with van der Waals surface area (Å²) in [5.41, 5.74) is 1.02. The second-order valence-corrected chi connectivity index (χ2v) is 6.07. The number of carbonyl (C=O) groups is 1. The van der Waals surface area contributed by atoms with Crippen LogP contribution < -0.4 is 0 Å². The molecule has 0 spiro atoms. The average Bonchev–Trinajstić information content (AvgIpc) is 3.24. The molecule has 2 N–H and O–H groups in total. The maximum absolute atomic E-state index is 12.8. The van der Waals surface area contributed by atoms with Crippen molar-refractivity contribution in [2.45, 2.75) is 12.6 Å². The molecule has 25 heavy (non-hydrogen) atoms. The lowest BCUT2D eigenvalue weighted by molar-refractivity contribution is 0.0662. The molecule has 0 aliphatic carbocycles. The number of tetrazole rings is 1. The van der Waals surface area contributed by atoms with Gasteiger partial charge >= 0.3 is 0 Å². The van der Waals surface area contributed by atoms with E-state index in [9.17, 15) is 9.90 Å². The van der Waals surface area contributed by atoms with Crippen LogP contribution in [0, 0.1) is 0 Å². The van der Waals surface area contributed by atoms with Gasteiger partial charge in [0.25, 0.3) is 5.91 Å². The zero-order valence-corrected chi connectivity index (χ0v) is 13.5. The molecule has 0 saturated carbocycles. The van der Waals surface area contributed by atoms with Crippen LogP contribution in [-0.2, 0) is 6.54 Å². The van der Waals surface area contributed by atoms with E-state index in [0.29, 0.717) is 43.9 Å². The highest BCUT2D eigenvalue weighted by Gasteiger charge is 2.25. The van der Waals surface area contributed by atoms with E-state index >= 15 is 0 Å². The summed E-state index contributed by atoms with van der Waals surface area (Å²) in [5.74, 6) is 0.709. The van der Waals surface area contributed by atoms with Crippen LogP contribution in [0.2, 0.25) is 0 Å². The van der Waals surface area contributed by atoms with Gasteiger partial charge in [0.05, 0.1) is 12.6 Å². The zero-order valence-electron chi connectivity index (χ0n) is 13.5. The maximum atomic E-state index is 12.8. The molecule has 1 atom stereocenters. The quantitative estimate of drug-likeness (QED) is 0.638. The van der Waals surface area contributed by atoms with Crippen molar-refractivity contribution in [1.82, 2.24) is 39.8 Å². The number of aromatic nitrogens is 6. The summed E-state index contributed by atoms with van der Waals surface area (Å²) >= 11 is 0. The van der Waals surface area contributed by atoms with Crippen molar-refractivity contribution in [3.05, 3.63) is 42.1 Å². The third kappa shape index (κ3) is 3.35. The first-order chi connectivity index (χ1) is 12.2. The van der Waals surface area contributed by atoms with Crippen molar-refractivity contribution >= 4 is 11.6 Å². The summed E-state index contributed by atoms with van der Waals surface area (Å²) in [7, 11) is 0. The van der Waals surface area contributed by atoms with Gasteiger partial charge in [-0.1, -0.05) is 0 Å². The number of hydrogen-bond acceptors (Lipinski definition) is 7. The first kappa shape index (κ1) is 15.7. The molecule has 1 amide bonds. The van der Waals surface area contributed by atoms with Crippen LogP contribution in [0.15, 0.2) is 30.7 Å². The minimum Gasteiger partial charge on any atom is -0.390 e. The molecule has 0 aromatic carbocycles. The molecule has 1 fully saturated rings. The van der Waals surface area contributed by atoms with Gasteiger partial charge in [0.2, 0.25) is 0 Å². The Kier molecular flexibility index (Phi) is 4.12. The summed E-state index contributed by atoms with van der Waals surface area (Å²) in [5, 5.41) is 21.5. The third-order valence-electron chi connectivity index (χ3n) is 4.25. The number of pyridine rings is 1. The van der Waals surface area contributed by atoms with E-state index in [1.165, 1.54) is 4.52 Å². The van der Waals surface area contributed by atoms with E-state index in [2.05, 4.69) is 30.4 Å². The number of amides is 1. The van der Waals surface area contributed by atoms with E-state index in [4.69, 9.17) is 0 Å². The van der Waals surface area contributed by atoms with Gasteiger partial charge in [0, 0.05) is 50.3 Å². The largest absolute Gasteiger partial charge is 0.390 e. The topological polar surface area (TPSA) is 116 Å². The van der Waals surface area contributed by atoms with Gasteiger partial charge in [-0.3, -0.25) is 9.69 Å². The molecule has 130 valence electrons. The van der Waals surface area contributed by atoms with Gasteiger partial charge < -0.3 is 15.0 Å². The Labute approximate surface area is 143 Å². The Morgan fingerprint density at radius 3 is 3.12 bits per heavy atom. The molecule has 10 heteroatoms. The number of aromatic amines is 1. The summed E-state index contributed by atoms with van der Waals surface area (Å²) in [4.78, 5) is 23.8. The first-order valence-corrected chi connectivity index (χ1v) is 8.05. The minimum atomic E-state index is -0.611. The number of aliphatic hydroxyl groups is 1. The van der Waals surface area contributed by atoms with E-state index < -0.39 is 6.10 Å². The molecule has 4 heterocycles. The van der Waals surface area contributed by atoms with Gasteiger partial charge in [-0.15, -0.1) is 5.10 Å². The van der Waals surface area contributed by atoms with Crippen molar-refractivity contribution in [1.29, 1.82) is 0 Å². The van der Waals surface area contributed by atoms with Crippen molar-refractivity contribution in [2.75, 3.05) is 26.2 Å². The van der Waals surface area contributed by atoms with Crippen LogP contribution in [0.4, 0.5) is 0 Å². The fraction of sp³-hybridized carbons (Fsp3) is 0.400. The Morgan fingerprint density at radius 1 is 1.36 bits per heavy atom. The van der Waals surface area contributed by atoms with Crippen molar-refractivity contribution in [3.63, 3.8) is 0 Å². The molecular weight excluding hydrogens is 324 g/mol. The molecule has 1 aliphatic rings. The summed E-state index contributed by atoms with van der Waals surface area (Å²) < 4.78 is 1.50. The average molecular weight is 342 g/mol. The molecule has 4 rings (SSSR count). The van der Waals surface area contributed by atoms with Gasteiger partial charge in [0.1, 0.15) is 5.82 Å². The normalized spacial score (nSPS) is 19.2. The molecular formula is C15H18N8O2. The van der Waals surface area contributed by atoms with Crippen LogP contribution in [0.25, 0.3) is 5.65 Å². The number of carbonyl (C=O) groups excluding carboxylic acids is 1. The van der Waals surface area contributed by atoms with Crippen LogP contribution in [0.3, 0.4) is 0 Å². The summed E-state index contributed by atoms with van der Waals surface area (Å²) in [6, 6.07) is 3.34. The molecule has 3 aromatic heterocycles. The second kappa shape index (κ2) is 6.57. The molecule has 1 aliphatic heterocycles. The smallest absolute Gasteiger partial charge is 0.254 e. The number of H-pyrrole nitrogens is 1. The monoisotopic (exact) mass is 342 g/mol. The Hall–Kier alpha value is -2.85. The number of β-amino-alcohol motifs (C(OH)–C–C–N with tert-alkyl or cyclic N) is 1. The number of nitrogens with zero attached hydrogens (tertiary/aromatic N) is 7. The van der Waals surface area contributed by atoms with E-state index in [0.717, 1.165) is 5.82 Å². The number of rotatable bonds is 3. The van der Waals surface area contributed by atoms with Gasteiger partial charge in [-0.25, -0.2) is 9.50 Å². The SMILES string of the molecule is O=C(c1ccn2nnnc2c1)N1CCN(Cc2ncc[nH]2)C[C@@H](O)C1. The molecule has 1 saturated heterocycles. The lowest BCUT2D eigenvalue weighted by Gasteiger charge is -2.21. The second-order valence-electron chi connectivity index (χ2n) is 6.07. The standard InChI is InChI=1S/C15H18N8O2/c24-12-8-21(10-13-16-2-3-17-13)5-6-22(9-12)15(25)11-1-4-23-14(7-11)18-19-20-23/h1-4,7,12,24H,5-6,8-10H2,(H,16,17)/t12-/m1/s1. The van der Waals surface area contributed by atoms with E-state index in [1.54, 1.807) is 35.6 Å². The van der Waals surface area contributed by atoms with E-state index in [-0.39, 0.29) is 5.91 Å². The van der Waals surface area contributed by atoms with Gasteiger partial charge in [0.15, 0.2) is 5.65 Å². The van der Waals surface area contributed by atoms with Crippen LogP contribution >= 0.6 is 0 Å². The number of aliphatic hydroxyl groups excluding tert-OH is 1. The zero-order chi connectivity index (χ0) is 17.2. The Balaban J connectivity index is 1.47. The fourth-order valence-electron chi connectivity index (χ4n) is 3.03. The van der Waals surface area contributed by atoms with Crippen LogP contribution in [0.5, 0.6) is 0 Å². The molecule has 3 aromatic rings. The number of nitrogens with one attached hydrogen (secondary N) is 1. The summed E-state index contributed by atoms with van der Waals surface area (Å²) in [6.45, 7) is 2.61. The van der Waals surface area contributed by atoms with Crippen LogP contribution in [-0.4, -0.2) is 83.1 Å². The highest BCUT2D eigenvalue weighted by molar-refractivity contribution is 5.95. The lowest BCUT2D eigenvalue weighted by Crippen LogP contribution is -2.37. The predicted octanol–water partition coefficient (Wildman–Crippen LogP) is -0.834. The maximum Gasteiger partial charge on any atom is 0.254 e. The third-order valence-corrected chi connectivity index (χ3v) is 4.25. The predicted molar refractivity (Wildman–Crippen MR) is 86.6 cm³/mol. The highest BCUT2D eigenvalue weighted by atomic mass is 16.3. The Bertz CT molecular complexity index is 861.